The van der Waals surface area contributed by atoms with Crippen molar-refractivity contribution in [3.8, 4) is 11.3 Å². The van der Waals surface area contributed by atoms with Gasteiger partial charge in [-0.2, -0.15) is 5.10 Å². The Morgan fingerprint density at radius 1 is 1.32 bits per heavy atom. The average molecular weight is 325 g/mol. The average Bonchev–Trinajstić information content (AvgIpc) is 2.75. The summed E-state index contributed by atoms with van der Waals surface area (Å²) in [5.74, 6) is -0.234. The maximum Gasteiger partial charge on any atom is 0.123 e. The molecule has 0 N–H and O–H groups in total. The first-order valence-electron chi connectivity index (χ1n) is 6.37. The Labute approximate surface area is 121 Å². The minimum Gasteiger partial charge on any atom is -0.259 e. The quantitative estimate of drug-likeness (QED) is 0.778. The molecule has 0 saturated carbocycles. The number of benzene rings is 1. The molecule has 1 heterocycles. The van der Waals surface area contributed by atoms with E-state index in [2.05, 4.69) is 48.7 Å². The Hall–Kier alpha value is -1.16. The van der Waals surface area contributed by atoms with Crippen LogP contribution in [0, 0.1) is 5.82 Å². The van der Waals surface area contributed by atoms with E-state index in [1.807, 2.05) is 10.9 Å². The second-order valence-electron chi connectivity index (χ2n) is 5.58. The van der Waals surface area contributed by atoms with Gasteiger partial charge in [-0.15, -0.1) is 0 Å². The van der Waals surface area contributed by atoms with Crippen molar-refractivity contribution in [1.29, 1.82) is 0 Å². The number of aryl methyl sites for hydroxylation is 1. The minimum atomic E-state index is -0.234. The summed E-state index contributed by atoms with van der Waals surface area (Å²) in [7, 11) is 0. The van der Waals surface area contributed by atoms with Crippen LogP contribution in [0.2, 0.25) is 0 Å². The van der Waals surface area contributed by atoms with E-state index < -0.39 is 0 Å². The molecule has 0 aliphatic heterocycles. The normalized spacial score (nSPS) is 11.9. The molecule has 2 aromatic rings. The maximum atomic E-state index is 13.6. The van der Waals surface area contributed by atoms with E-state index in [1.54, 1.807) is 12.1 Å². The summed E-state index contributed by atoms with van der Waals surface area (Å²) in [5.41, 5.74) is 2.82. The first-order chi connectivity index (χ1) is 8.84. The fourth-order valence-corrected chi connectivity index (χ4v) is 2.55. The van der Waals surface area contributed by atoms with Crippen LogP contribution in [-0.4, -0.2) is 9.78 Å². The zero-order valence-electron chi connectivity index (χ0n) is 11.7. The highest BCUT2D eigenvalue weighted by molar-refractivity contribution is 9.10. The van der Waals surface area contributed by atoms with Crippen molar-refractivity contribution in [2.24, 2.45) is 0 Å². The van der Waals surface area contributed by atoms with Gasteiger partial charge in [-0.1, -0.05) is 22.9 Å². The summed E-state index contributed by atoms with van der Waals surface area (Å²) in [5, 5.41) is 4.48. The van der Waals surface area contributed by atoms with Crippen molar-refractivity contribution in [1.82, 2.24) is 9.78 Å². The van der Waals surface area contributed by atoms with Crippen LogP contribution >= 0.6 is 15.9 Å². The van der Waals surface area contributed by atoms with Gasteiger partial charge in [0.25, 0.3) is 0 Å². The van der Waals surface area contributed by atoms with Crippen LogP contribution < -0.4 is 0 Å². The molecule has 2 nitrogen and oxygen atoms in total. The monoisotopic (exact) mass is 324 g/mol. The summed E-state index contributed by atoms with van der Waals surface area (Å²) in [4.78, 5) is 0. The number of hydrogen-bond acceptors (Lipinski definition) is 1. The molecule has 0 amide bonds. The summed E-state index contributed by atoms with van der Waals surface area (Å²) in [6.45, 7) is 8.36. The van der Waals surface area contributed by atoms with Gasteiger partial charge >= 0.3 is 0 Å². The van der Waals surface area contributed by atoms with Gasteiger partial charge in [0.2, 0.25) is 0 Å². The molecule has 0 saturated heterocycles. The van der Waals surface area contributed by atoms with Gasteiger partial charge in [-0.05, 0) is 51.0 Å². The third-order valence-electron chi connectivity index (χ3n) is 3.04. The molecule has 0 aliphatic carbocycles. The highest BCUT2D eigenvalue weighted by atomic mass is 79.9. The third kappa shape index (κ3) is 2.73. The number of rotatable bonds is 2. The van der Waals surface area contributed by atoms with Crippen LogP contribution in [0.3, 0.4) is 0 Å². The topological polar surface area (TPSA) is 17.8 Å². The number of aromatic nitrogens is 2. The van der Waals surface area contributed by atoms with E-state index in [0.29, 0.717) is 0 Å². The molecule has 0 radical (unpaired) electrons. The van der Waals surface area contributed by atoms with Gasteiger partial charge in [-0.3, -0.25) is 4.68 Å². The Morgan fingerprint density at radius 3 is 2.58 bits per heavy atom. The SMILES string of the molecule is CCc1cnn(C(C)(C)C)c1-c1cc(F)ccc1Br. The molecule has 0 unspecified atom stereocenters. The van der Waals surface area contributed by atoms with Gasteiger partial charge in [0.15, 0.2) is 0 Å². The molecule has 4 heteroatoms. The summed E-state index contributed by atoms with van der Waals surface area (Å²) < 4.78 is 16.4. The van der Waals surface area contributed by atoms with Crippen molar-refractivity contribution in [3.63, 3.8) is 0 Å². The van der Waals surface area contributed by atoms with E-state index in [-0.39, 0.29) is 11.4 Å². The van der Waals surface area contributed by atoms with Crippen LogP contribution in [0.5, 0.6) is 0 Å². The van der Waals surface area contributed by atoms with E-state index in [9.17, 15) is 4.39 Å². The summed E-state index contributed by atoms with van der Waals surface area (Å²) in [6.07, 6.45) is 2.74. The predicted molar refractivity (Wildman–Crippen MR) is 79.7 cm³/mol. The fourth-order valence-electron chi connectivity index (χ4n) is 2.12. The van der Waals surface area contributed by atoms with Crippen molar-refractivity contribution in [2.45, 2.75) is 39.7 Å². The summed E-state index contributed by atoms with van der Waals surface area (Å²) in [6, 6.07) is 4.75. The van der Waals surface area contributed by atoms with Crippen LogP contribution in [0.4, 0.5) is 4.39 Å². The summed E-state index contributed by atoms with van der Waals surface area (Å²) >= 11 is 3.51. The minimum absolute atomic E-state index is 0.144. The molecule has 0 aliphatic rings. The Morgan fingerprint density at radius 2 is 2.00 bits per heavy atom. The number of nitrogens with zero attached hydrogens (tertiary/aromatic N) is 2. The lowest BCUT2D eigenvalue weighted by Gasteiger charge is -2.23. The predicted octanol–water partition coefficient (Wildman–Crippen LogP) is 4.77. The molecular formula is C15H18BrFN2. The molecule has 0 atom stereocenters. The lowest BCUT2D eigenvalue weighted by atomic mass is 10.0. The lowest BCUT2D eigenvalue weighted by molar-refractivity contribution is 0.360. The smallest absolute Gasteiger partial charge is 0.123 e. The van der Waals surface area contributed by atoms with Crippen LogP contribution in [0.15, 0.2) is 28.9 Å². The zero-order valence-corrected chi connectivity index (χ0v) is 13.3. The second kappa shape index (κ2) is 5.08. The molecule has 1 aromatic heterocycles. The van der Waals surface area contributed by atoms with Crippen LogP contribution in [0.25, 0.3) is 11.3 Å². The van der Waals surface area contributed by atoms with Crippen molar-refractivity contribution in [2.75, 3.05) is 0 Å². The molecular weight excluding hydrogens is 307 g/mol. The third-order valence-corrected chi connectivity index (χ3v) is 3.74. The maximum absolute atomic E-state index is 13.6. The number of halogens is 2. The first kappa shape index (κ1) is 14.3. The van der Waals surface area contributed by atoms with Gasteiger partial charge in [0.1, 0.15) is 5.82 Å². The van der Waals surface area contributed by atoms with Gasteiger partial charge in [-0.25, -0.2) is 4.39 Å². The van der Waals surface area contributed by atoms with E-state index in [4.69, 9.17) is 0 Å². The van der Waals surface area contributed by atoms with E-state index in [0.717, 1.165) is 27.7 Å². The highest BCUT2D eigenvalue weighted by Gasteiger charge is 2.22. The second-order valence-corrected chi connectivity index (χ2v) is 6.43. The Kier molecular flexibility index (Phi) is 3.81. The Balaban J connectivity index is 2.73. The standard InChI is InChI=1S/C15H18BrFN2/c1-5-10-9-18-19(15(2,3)4)14(10)12-8-11(17)6-7-13(12)16/h6-9H,5H2,1-4H3. The van der Waals surface area contributed by atoms with Crippen LogP contribution in [-0.2, 0) is 12.0 Å². The van der Waals surface area contributed by atoms with Gasteiger partial charge < -0.3 is 0 Å². The molecule has 0 spiro atoms. The molecule has 102 valence electrons. The molecule has 2 rings (SSSR count). The van der Waals surface area contributed by atoms with Crippen molar-refractivity contribution >= 4 is 15.9 Å². The van der Waals surface area contributed by atoms with Gasteiger partial charge in [0, 0.05) is 10.0 Å². The van der Waals surface area contributed by atoms with Crippen LogP contribution in [0.1, 0.15) is 33.3 Å². The van der Waals surface area contributed by atoms with E-state index in [1.165, 1.54) is 6.07 Å². The molecule has 1 aromatic carbocycles. The largest absolute Gasteiger partial charge is 0.259 e. The van der Waals surface area contributed by atoms with Crippen molar-refractivity contribution in [3.05, 3.63) is 40.2 Å². The molecule has 0 fully saturated rings. The lowest BCUT2D eigenvalue weighted by Crippen LogP contribution is -2.24. The molecule has 19 heavy (non-hydrogen) atoms. The fraction of sp³-hybridized carbons (Fsp3) is 0.400. The van der Waals surface area contributed by atoms with Gasteiger partial charge in [0.05, 0.1) is 17.4 Å². The first-order valence-corrected chi connectivity index (χ1v) is 7.16. The number of hydrogen-bond donors (Lipinski definition) is 0. The van der Waals surface area contributed by atoms with E-state index >= 15 is 0 Å². The Bertz CT molecular complexity index is 597. The zero-order chi connectivity index (χ0) is 14.2. The van der Waals surface area contributed by atoms with Crippen molar-refractivity contribution < 1.29 is 4.39 Å². The highest BCUT2D eigenvalue weighted by Crippen LogP contribution is 2.34. The molecule has 0 bridgehead atoms.